The predicted octanol–water partition coefficient (Wildman–Crippen LogP) is 3.52. The second-order valence-electron chi connectivity index (χ2n) is 4.72. The van der Waals surface area contributed by atoms with Crippen molar-refractivity contribution in [2.24, 2.45) is 0 Å². The minimum absolute atomic E-state index is 0.226. The minimum atomic E-state index is -0.226. The lowest BCUT2D eigenvalue weighted by molar-refractivity contribution is 0.576. The Labute approximate surface area is 107 Å². The van der Waals surface area contributed by atoms with E-state index in [2.05, 4.69) is 28.7 Å². The summed E-state index contributed by atoms with van der Waals surface area (Å²) in [5.74, 6) is -0.226. The van der Waals surface area contributed by atoms with Crippen LogP contribution in [-0.2, 0) is 6.54 Å². The quantitative estimate of drug-likeness (QED) is 0.895. The van der Waals surface area contributed by atoms with Crippen molar-refractivity contribution >= 4 is 5.69 Å². The maximum atomic E-state index is 13.6. The third kappa shape index (κ3) is 2.70. The summed E-state index contributed by atoms with van der Waals surface area (Å²) >= 11 is 0. The Kier molecular flexibility index (Phi) is 3.65. The Balaban J connectivity index is 2.11. The lowest BCUT2D eigenvalue weighted by atomic mass is 10.2. The van der Waals surface area contributed by atoms with Gasteiger partial charge in [-0.1, -0.05) is 6.07 Å². The van der Waals surface area contributed by atoms with Gasteiger partial charge in [-0.05, 0) is 38.5 Å². The maximum Gasteiger partial charge on any atom is 0.146 e. The second kappa shape index (κ2) is 5.21. The van der Waals surface area contributed by atoms with Crippen molar-refractivity contribution in [3.05, 3.63) is 47.8 Å². The lowest BCUT2D eigenvalue weighted by Crippen LogP contribution is -2.09. The lowest BCUT2D eigenvalue weighted by Gasteiger charge is -2.13. The van der Waals surface area contributed by atoms with E-state index >= 15 is 0 Å². The van der Waals surface area contributed by atoms with Gasteiger partial charge in [0.2, 0.25) is 0 Å². The molecular weight excluding hydrogens is 229 g/mol. The maximum absolute atomic E-state index is 13.6. The average molecular weight is 247 g/mol. The Hall–Kier alpha value is -1.84. The standard InChI is InChI=1S/C14H18FN3/c1-10(2)18-9-16-7-12(18)8-17-14-6-11(3)4-5-13(14)15/h4-7,9-10,17H,8H2,1-3H3. The van der Waals surface area contributed by atoms with Crippen LogP contribution < -0.4 is 5.32 Å². The summed E-state index contributed by atoms with van der Waals surface area (Å²) in [6.45, 7) is 6.71. The van der Waals surface area contributed by atoms with E-state index in [-0.39, 0.29) is 5.82 Å². The van der Waals surface area contributed by atoms with Crippen LogP contribution in [0.2, 0.25) is 0 Å². The normalized spacial score (nSPS) is 10.9. The first-order valence-corrected chi connectivity index (χ1v) is 6.08. The molecule has 18 heavy (non-hydrogen) atoms. The van der Waals surface area contributed by atoms with E-state index in [4.69, 9.17) is 0 Å². The molecular formula is C14H18FN3. The third-order valence-electron chi connectivity index (χ3n) is 2.88. The van der Waals surface area contributed by atoms with E-state index < -0.39 is 0 Å². The number of nitrogens with zero attached hydrogens (tertiary/aromatic N) is 2. The van der Waals surface area contributed by atoms with Crippen LogP contribution in [0.25, 0.3) is 0 Å². The average Bonchev–Trinajstić information content (AvgIpc) is 2.79. The van der Waals surface area contributed by atoms with E-state index in [0.717, 1.165) is 11.3 Å². The van der Waals surface area contributed by atoms with Crippen LogP contribution in [0.4, 0.5) is 10.1 Å². The summed E-state index contributed by atoms with van der Waals surface area (Å²) < 4.78 is 15.6. The molecule has 2 aromatic rings. The fourth-order valence-corrected chi connectivity index (χ4v) is 1.89. The van der Waals surface area contributed by atoms with Crippen LogP contribution in [0, 0.1) is 12.7 Å². The number of benzene rings is 1. The molecule has 0 saturated heterocycles. The Morgan fingerprint density at radius 1 is 1.39 bits per heavy atom. The smallest absolute Gasteiger partial charge is 0.146 e. The molecule has 2 rings (SSSR count). The van der Waals surface area contributed by atoms with Gasteiger partial charge >= 0.3 is 0 Å². The van der Waals surface area contributed by atoms with Crippen molar-refractivity contribution in [1.29, 1.82) is 0 Å². The zero-order valence-corrected chi connectivity index (χ0v) is 10.9. The van der Waals surface area contributed by atoms with Crippen LogP contribution in [0.3, 0.4) is 0 Å². The Morgan fingerprint density at radius 2 is 2.17 bits per heavy atom. The number of hydrogen-bond acceptors (Lipinski definition) is 2. The van der Waals surface area contributed by atoms with Crippen molar-refractivity contribution in [2.45, 2.75) is 33.4 Å². The van der Waals surface area contributed by atoms with Gasteiger partial charge in [-0.3, -0.25) is 0 Å². The molecule has 0 aliphatic carbocycles. The second-order valence-corrected chi connectivity index (χ2v) is 4.72. The Morgan fingerprint density at radius 3 is 2.89 bits per heavy atom. The molecule has 0 amide bonds. The van der Waals surface area contributed by atoms with E-state index in [1.807, 2.05) is 13.0 Å². The first kappa shape index (κ1) is 12.6. The molecule has 0 radical (unpaired) electrons. The molecule has 0 unspecified atom stereocenters. The van der Waals surface area contributed by atoms with Gasteiger partial charge in [-0.2, -0.15) is 0 Å². The van der Waals surface area contributed by atoms with E-state index in [9.17, 15) is 4.39 Å². The van der Waals surface area contributed by atoms with Gasteiger partial charge < -0.3 is 9.88 Å². The van der Waals surface area contributed by atoms with Crippen molar-refractivity contribution in [3.63, 3.8) is 0 Å². The molecule has 4 heteroatoms. The van der Waals surface area contributed by atoms with Crippen molar-refractivity contribution in [2.75, 3.05) is 5.32 Å². The highest BCUT2D eigenvalue weighted by Crippen LogP contribution is 2.17. The van der Waals surface area contributed by atoms with E-state index in [1.54, 1.807) is 18.6 Å². The number of nitrogens with one attached hydrogen (secondary N) is 1. The summed E-state index contributed by atoms with van der Waals surface area (Å²) in [4.78, 5) is 4.12. The predicted molar refractivity (Wildman–Crippen MR) is 71.1 cm³/mol. The first-order valence-electron chi connectivity index (χ1n) is 6.08. The minimum Gasteiger partial charge on any atom is -0.377 e. The number of aromatic nitrogens is 2. The summed E-state index contributed by atoms with van der Waals surface area (Å²) in [7, 11) is 0. The molecule has 1 aromatic heterocycles. The monoisotopic (exact) mass is 247 g/mol. The molecule has 0 atom stereocenters. The zero-order valence-electron chi connectivity index (χ0n) is 10.9. The van der Waals surface area contributed by atoms with Crippen LogP contribution >= 0.6 is 0 Å². The largest absolute Gasteiger partial charge is 0.377 e. The van der Waals surface area contributed by atoms with Crippen LogP contribution in [0.15, 0.2) is 30.7 Å². The van der Waals surface area contributed by atoms with Crippen LogP contribution in [0.1, 0.15) is 31.1 Å². The van der Waals surface area contributed by atoms with Crippen molar-refractivity contribution < 1.29 is 4.39 Å². The van der Waals surface area contributed by atoms with E-state index in [1.165, 1.54) is 6.07 Å². The van der Waals surface area contributed by atoms with E-state index in [0.29, 0.717) is 18.3 Å². The molecule has 0 saturated carbocycles. The molecule has 0 aliphatic rings. The summed E-state index contributed by atoms with van der Waals surface area (Å²) in [5.41, 5.74) is 2.62. The first-order chi connectivity index (χ1) is 8.58. The number of rotatable bonds is 4. The fourth-order valence-electron chi connectivity index (χ4n) is 1.89. The van der Waals surface area contributed by atoms with Crippen molar-refractivity contribution in [3.8, 4) is 0 Å². The molecule has 96 valence electrons. The van der Waals surface area contributed by atoms with Crippen molar-refractivity contribution in [1.82, 2.24) is 9.55 Å². The number of halogens is 1. The van der Waals surface area contributed by atoms with Gasteiger partial charge in [0.05, 0.1) is 24.3 Å². The van der Waals surface area contributed by atoms with Gasteiger partial charge in [-0.15, -0.1) is 0 Å². The highest BCUT2D eigenvalue weighted by atomic mass is 19.1. The molecule has 0 fully saturated rings. The number of anilines is 1. The third-order valence-corrected chi connectivity index (χ3v) is 2.88. The highest BCUT2D eigenvalue weighted by Gasteiger charge is 2.06. The molecule has 1 N–H and O–H groups in total. The molecule has 3 nitrogen and oxygen atoms in total. The topological polar surface area (TPSA) is 29.9 Å². The van der Waals surface area contributed by atoms with Gasteiger partial charge in [0.15, 0.2) is 0 Å². The number of imidazole rings is 1. The van der Waals surface area contributed by atoms with Gasteiger partial charge in [0, 0.05) is 12.2 Å². The SMILES string of the molecule is Cc1ccc(F)c(NCc2cncn2C(C)C)c1. The number of hydrogen-bond donors (Lipinski definition) is 1. The molecule has 0 aliphatic heterocycles. The fraction of sp³-hybridized carbons (Fsp3) is 0.357. The Bertz CT molecular complexity index is 532. The molecule has 0 spiro atoms. The van der Waals surface area contributed by atoms with Gasteiger partial charge in [0.25, 0.3) is 0 Å². The number of aryl methyl sites for hydroxylation is 1. The summed E-state index contributed by atoms with van der Waals surface area (Å²) in [6.07, 6.45) is 3.61. The van der Waals surface area contributed by atoms with Gasteiger partial charge in [0.1, 0.15) is 5.82 Å². The summed E-state index contributed by atoms with van der Waals surface area (Å²) in [6, 6.07) is 5.41. The molecule has 1 aromatic carbocycles. The van der Waals surface area contributed by atoms with Crippen LogP contribution in [-0.4, -0.2) is 9.55 Å². The summed E-state index contributed by atoms with van der Waals surface area (Å²) in [5, 5.41) is 3.12. The molecule has 0 bridgehead atoms. The zero-order chi connectivity index (χ0) is 13.1. The van der Waals surface area contributed by atoms with Gasteiger partial charge in [-0.25, -0.2) is 9.37 Å². The molecule has 1 heterocycles. The van der Waals surface area contributed by atoms with Crippen LogP contribution in [0.5, 0.6) is 0 Å². The highest BCUT2D eigenvalue weighted by molar-refractivity contribution is 5.47.